The molecule has 9 nitrogen and oxygen atoms in total. The van der Waals surface area contributed by atoms with Crippen LogP contribution in [0.3, 0.4) is 0 Å². The lowest BCUT2D eigenvalue weighted by Gasteiger charge is -2.27. The Morgan fingerprint density at radius 2 is 1.97 bits per heavy atom. The third kappa shape index (κ3) is 5.32. The maximum Gasteiger partial charge on any atom is 0.304 e. The van der Waals surface area contributed by atoms with E-state index in [1.165, 1.54) is 16.2 Å². The van der Waals surface area contributed by atoms with E-state index in [-0.39, 0.29) is 24.2 Å². The number of likely N-dealkylation sites (N-methyl/N-ethyl adjacent to an activating group) is 1. The number of nitrogens with zero attached hydrogens (tertiary/aromatic N) is 4. The maximum absolute atomic E-state index is 13.4. The Labute approximate surface area is 225 Å². The van der Waals surface area contributed by atoms with Gasteiger partial charge in [0.2, 0.25) is 11.8 Å². The summed E-state index contributed by atoms with van der Waals surface area (Å²) in [5.41, 5.74) is 4.31. The minimum atomic E-state index is -0.978. The lowest BCUT2D eigenvalue weighted by molar-refractivity contribution is -0.141. The number of pyridine rings is 1. The Bertz CT molecular complexity index is 1370. The molecule has 1 fully saturated rings. The molecule has 0 aliphatic carbocycles. The summed E-state index contributed by atoms with van der Waals surface area (Å²) in [6.45, 7) is 1.30. The Morgan fingerprint density at radius 1 is 1.24 bits per heavy atom. The summed E-state index contributed by atoms with van der Waals surface area (Å²) in [5.74, 6) is -0.839. The first-order valence-electron chi connectivity index (χ1n) is 12.7. The van der Waals surface area contributed by atoms with Crippen molar-refractivity contribution in [3.05, 3.63) is 47.5 Å². The zero-order valence-corrected chi connectivity index (χ0v) is 22.2. The monoisotopic (exact) mass is 534 g/mol. The molecule has 5 rings (SSSR count). The second-order valence-corrected chi connectivity index (χ2v) is 10.7. The molecule has 10 heteroatoms. The lowest BCUT2D eigenvalue weighted by atomic mass is 9.86. The molecule has 0 radical (unpaired) electrons. The zero-order chi connectivity index (χ0) is 26.8. The first-order valence-corrected chi connectivity index (χ1v) is 13.6. The fraction of sp³-hybridized carbons (Fsp3) is 0.393. The van der Waals surface area contributed by atoms with Gasteiger partial charge in [-0.3, -0.25) is 24.2 Å². The van der Waals surface area contributed by atoms with Crippen molar-refractivity contribution in [3.8, 4) is 22.4 Å². The molecule has 3 aromatic rings. The minimum Gasteiger partial charge on any atom is -0.481 e. The van der Waals surface area contributed by atoms with E-state index in [1.54, 1.807) is 25.2 Å². The molecule has 2 amide bonds. The van der Waals surface area contributed by atoms with Crippen LogP contribution in [-0.4, -0.2) is 60.2 Å². The Hall–Kier alpha value is -3.63. The molecule has 0 saturated carbocycles. The number of rotatable bonds is 8. The number of amides is 2. The number of carbonyl (C=O) groups is 3. The molecule has 38 heavy (non-hydrogen) atoms. The normalized spacial score (nSPS) is 16.4. The van der Waals surface area contributed by atoms with E-state index in [4.69, 9.17) is 9.72 Å². The van der Waals surface area contributed by atoms with Gasteiger partial charge >= 0.3 is 5.97 Å². The number of aliphatic carboxylic acids is 1. The minimum absolute atomic E-state index is 0.0211. The van der Waals surface area contributed by atoms with Crippen molar-refractivity contribution in [1.29, 1.82) is 0 Å². The summed E-state index contributed by atoms with van der Waals surface area (Å²) in [7, 11) is 3.39. The highest BCUT2D eigenvalue weighted by molar-refractivity contribution is 7.14. The zero-order valence-electron chi connectivity index (χ0n) is 21.4. The smallest absolute Gasteiger partial charge is 0.304 e. The first kappa shape index (κ1) is 26.0. The van der Waals surface area contributed by atoms with Gasteiger partial charge in [-0.1, -0.05) is 24.3 Å². The van der Waals surface area contributed by atoms with Crippen molar-refractivity contribution in [2.24, 2.45) is 11.8 Å². The predicted octanol–water partition coefficient (Wildman–Crippen LogP) is 4.26. The molecular formula is C28H30N4O5S. The molecule has 2 aliphatic rings. The van der Waals surface area contributed by atoms with Gasteiger partial charge in [0.15, 0.2) is 5.13 Å². The number of carbonyl (C=O) groups excluding carboxylic acids is 2. The SMILES string of the molecule is CN(C(=O)C(CC(=O)O)CC1CCOCC1)c1nc(-c2ccccc2-c2cnc3c(c2)CC(=O)N3C)cs1. The van der Waals surface area contributed by atoms with Crippen LogP contribution in [-0.2, 0) is 25.5 Å². The van der Waals surface area contributed by atoms with Crippen LogP contribution in [0.2, 0.25) is 0 Å². The summed E-state index contributed by atoms with van der Waals surface area (Å²) in [6.07, 6.45) is 4.10. The molecular weight excluding hydrogens is 504 g/mol. The lowest BCUT2D eigenvalue weighted by Crippen LogP contribution is -2.35. The van der Waals surface area contributed by atoms with Crippen molar-refractivity contribution >= 4 is 40.1 Å². The number of anilines is 2. The van der Waals surface area contributed by atoms with Gasteiger partial charge in [-0.15, -0.1) is 11.3 Å². The second-order valence-electron chi connectivity index (χ2n) is 9.88. The van der Waals surface area contributed by atoms with E-state index in [0.717, 1.165) is 35.1 Å². The quantitative estimate of drug-likeness (QED) is 0.459. The number of benzene rings is 1. The van der Waals surface area contributed by atoms with Gasteiger partial charge in [0.05, 0.1) is 18.5 Å². The molecule has 2 aliphatic heterocycles. The van der Waals surface area contributed by atoms with E-state index in [0.29, 0.717) is 42.7 Å². The summed E-state index contributed by atoms with van der Waals surface area (Å²) >= 11 is 1.35. The number of carboxylic acid groups (broad SMARTS) is 1. The van der Waals surface area contributed by atoms with Crippen LogP contribution in [0, 0.1) is 11.8 Å². The van der Waals surface area contributed by atoms with Crippen molar-refractivity contribution in [2.75, 3.05) is 37.1 Å². The van der Waals surface area contributed by atoms with Crippen LogP contribution in [0.15, 0.2) is 41.9 Å². The summed E-state index contributed by atoms with van der Waals surface area (Å²) in [4.78, 5) is 49.4. The van der Waals surface area contributed by atoms with E-state index < -0.39 is 11.9 Å². The van der Waals surface area contributed by atoms with Gasteiger partial charge in [-0.05, 0) is 36.8 Å². The molecule has 1 aromatic carbocycles. The van der Waals surface area contributed by atoms with Crippen LogP contribution in [0.4, 0.5) is 10.9 Å². The number of aromatic nitrogens is 2. The Balaban J connectivity index is 1.38. The molecule has 0 bridgehead atoms. The number of thiazole rings is 1. The van der Waals surface area contributed by atoms with E-state index >= 15 is 0 Å². The van der Waals surface area contributed by atoms with Crippen LogP contribution in [0.25, 0.3) is 22.4 Å². The molecule has 1 saturated heterocycles. The average molecular weight is 535 g/mol. The van der Waals surface area contributed by atoms with Crippen molar-refractivity contribution in [2.45, 2.75) is 32.1 Å². The molecule has 2 aromatic heterocycles. The molecule has 1 unspecified atom stereocenters. The number of hydrogen-bond acceptors (Lipinski definition) is 7. The number of fused-ring (bicyclic) bond motifs is 1. The van der Waals surface area contributed by atoms with E-state index in [2.05, 4.69) is 4.98 Å². The topological polar surface area (TPSA) is 113 Å². The van der Waals surface area contributed by atoms with Gasteiger partial charge in [0, 0.05) is 61.5 Å². The fourth-order valence-corrected chi connectivity index (χ4v) is 6.01. The summed E-state index contributed by atoms with van der Waals surface area (Å²) < 4.78 is 5.42. The Kier molecular flexibility index (Phi) is 7.53. The number of ether oxygens (including phenoxy) is 1. The van der Waals surface area contributed by atoms with Gasteiger partial charge in [-0.2, -0.15) is 0 Å². The van der Waals surface area contributed by atoms with Gasteiger partial charge in [-0.25, -0.2) is 9.97 Å². The standard InChI is InChI=1S/C28H30N4O5S/c1-31-24(33)13-18-12-20(15-29-26(18)31)21-5-3-4-6-22(21)23-16-38-28(30-23)32(2)27(36)19(14-25(34)35)11-17-7-9-37-10-8-17/h3-6,12,15-17,19H,7-11,13-14H2,1-2H3,(H,34,35). The maximum atomic E-state index is 13.4. The fourth-order valence-electron chi connectivity index (χ4n) is 5.22. The van der Waals surface area contributed by atoms with Crippen LogP contribution < -0.4 is 9.80 Å². The van der Waals surface area contributed by atoms with E-state index in [1.807, 2.05) is 35.7 Å². The highest BCUT2D eigenvalue weighted by Gasteiger charge is 2.31. The van der Waals surface area contributed by atoms with Crippen LogP contribution in [0.1, 0.15) is 31.2 Å². The van der Waals surface area contributed by atoms with Crippen LogP contribution >= 0.6 is 11.3 Å². The highest BCUT2D eigenvalue weighted by atomic mass is 32.1. The van der Waals surface area contributed by atoms with Gasteiger partial charge < -0.3 is 9.84 Å². The highest BCUT2D eigenvalue weighted by Crippen LogP contribution is 2.37. The molecule has 4 heterocycles. The Morgan fingerprint density at radius 3 is 2.71 bits per heavy atom. The molecule has 1 N–H and O–H groups in total. The largest absolute Gasteiger partial charge is 0.481 e. The van der Waals surface area contributed by atoms with Crippen LogP contribution in [0.5, 0.6) is 0 Å². The number of hydrogen-bond donors (Lipinski definition) is 1. The average Bonchev–Trinajstić information content (AvgIpc) is 3.52. The van der Waals surface area contributed by atoms with E-state index in [9.17, 15) is 19.5 Å². The second kappa shape index (κ2) is 11.0. The molecule has 1 atom stereocenters. The van der Waals surface area contributed by atoms with Gasteiger partial charge in [0.25, 0.3) is 0 Å². The predicted molar refractivity (Wildman–Crippen MR) is 145 cm³/mol. The number of carboxylic acids is 1. The van der Waals surface area contributed by atoms with Crippen molar-refractivity contribution < 1.29 is 24.2 Å². The molecule has 198 valence electrons. The third-order valence-corrected chi connectivity index (χ3v) is 8.25. The molecule has 0 spiro atoms. The summed E-state index contributed by atoms with van der Waals surface area (Å²) in [6, 6.07) is 9.84. The van der Waals surface area contributed by atoms with Gasteiger partial charge in [0.1, 0.15) is 5.82 Å². The van der Waals surface area contributed by atoms with Crippen molar-refractivity contribution in [3.63, 3.8) is 0 Å². The first-order chi connectivity index (χ1) is 18.3. The third-order valence-electron chi connectivity index (χ3n) is 7.33. The summed E-state index contributed by atoms with van der Waals surface area (Å²) in [5, 5.41) is 11.9. The van der Waals surface area contributed by atoms with Crippen molar-refractivity contribution in [1.82, 2.24) is 9.97 Å².